The Bertz CT molecular complexity index is 1320. The van der Waals surface area contributed by atoms with Gasteiger partial charge in [-0.2, -0.15) is 0 Å². The molecule has 1 amide bonds. The summed E-state index contributed by atoms with van der Waals surface area (Å²) < 4.78 is 29.3. The first-order valence-electron chi connectivity index (χ1n) is 10.3. The van der Waals surface area contributed by atoms with Gasteiger partial charge in [0.2, 0.25) is 5.91 Å². The molecule has 0 fully saturated rings. The number of nitrogens with zero attached hydrogens (tertiary/aromatic N) is 5. The van der Waals surface area contributed by atoms with Gasteiger partial charge in [-0.25, -0.2) is 18.7 Å². The summed E-state index contributed by atoms with van der Waals surface area (Å²) in [6.45, 7) is 4.69. The third-order valence-corrected chi connectivity index (χ3v) is 6.28. The number of H-pyrrole nitrogens is 1. The van der Waals surface area contributed by atoms with Crippen LogP contribution in [0.3, 0.4) is 0 Å². The monoisotopic (exact) mass is 471 g/mol. The van der Waals surface area contributed by atoms with Crippen LogP contribution < -0.4 is 5.32 Å². The van der Waals surface area contributed by atoms with Gasteiger partial charge in [0.15, 0.2) is 17.2 Å². The molecular formula is C22H23F2N7OS. The van der Waals surface area contributed by atoms with Crippen LogP contribution in [-0.4, -0.2) is 56.8 Å². The van der Waals surface area contributed by atoms with E-state index in [0.717, 1.165) is 21.6 Å². The summed E-state index contributed by atoms with van der Waals surface area (Å²) in [6.07, 6.45) is 0. The molecule has 1 aromatic carbocycles. The maximum Gasteiger partial charge on any atom is 0.224 e. The molecule has 4 aromatic rings. The molecule has 0 aliphatic carbocycles. The summed E-state index contributed by atoms with van der Waals surface area (Å²) in [7, 11) is 3.84. The number of amides is 1. The largest absolute Gasteiger partial charge is 0.349 e. The molecule has 2 N–H and O–H groups in total. The number of halogens is 2. The minimum absolute atomic E-state index is 0.0115. The van der Waals surface area contributed by atoms with Crippen LogP contribution in [0.4, 0.5) is 8.78 Å². The molecule has 0 spiro atoms. The molecule has 172 valence electrons. The van der Waals surface area contributed by atoms with Gasteiger partial charge in [-0.1, -0.05) is 18.2 Å². The zero-order chi connectivity index (χ0) is 23.7. The highest BCUT2D eigenvalue weighted by molar-refractivity contribution is 7.15. The van der Waals surface area contributed by atoms with E-state index in [4.69, 9.17) is 0 Å². The van der Waals surface area contributed by atoms with Crippen molar-refractivity contribution < 1.29 is 13.6 Å². The lowest BCUT2D eigenvalue weighted by molar-refractivity contribution is -0.125. The average Bonchev–Trinajstić information content (AvgIpc) is 3.41. The summed E-state index contributed by atoms with van der Waals surface area (Å²) >= 11 is 1.40. The highest BCUT2D eigenvalue weighted by atomic mass is 32.1. The second-order valence-corrected chi connectivity index (χ2v) is 9.15. The van der Waals surface area contributed by atoms with Crippen molar-refractivity contribution in [3.8, 4) is 21.8 Å². The molecule has 3 aromatic heterocycles. The maximum atomic E-state index is 14.9. The van der Waals surface area contributed by atoms with Crippen LogP contribution in [0, 0.1) is 24.5 Å². The predicted molar refractivity (Wildman–Crippen MR) is 122 cm³/mol. The molecule has 0 aliphatic rings. The van der Waals surface area contributed by atoms with Gasteiger partial charge in [0.1, 0.15) is 10.5 Å². The van der Waals surface area contributed by atoms with Crippen LogP contribution in [0.15, 0.2) is 24.3 Å². The number of pyridine rings is 1. The van der Waals surface area contributed by atoms with E-state index in [-0.39, 0.29) is 34.1 Å². The molecule has 0 saturated heterocycles. The molecule has 4 rings (SSSR count). The lowest BCUT2D eigenvalue weighted by atomic mass is 10.1. The van der Waals surface area contributed by atoms with Gasteiger partial charge < -0.3 is 10.2 Å². The Hall–Kier alpha value is -3.31. The van der Waals surface area contributed by atoms with E-state index in [0.29, 0.717) is 18.8 Å². The fraction of sp³-hybridized carbons (Fsp3) is 0.318. The van der Waals surface area contributed by atoms with Crippen LogP contribution in [-0.2, 0) is 11.3 Å². The zero-order valence-corrected chi connectivity index (χ0v) is 19.4. The number of hydrogen-bond donors (Lipinski definition) is 2. The number of nitrogens with one attached hydrogen (secondary N) is 2. The van der Waals surface area contributed by atoms with E-state index in [1.54, 1.807) is 18.2 Å². The molecule has 3 heterocycles. The molecular weight excluding hydrogens is 448 g/mol. The summed E-state index contributed by atoms with van der Waals surface area (Å²) in [4.78, 5) is 24.2. The number of carbonyl (C=O) groups excluding carboxylic acids is 1. The Morgan fingerprint density at radius 1 is 1.24 bits per heavy atom. The predicted octanol–water partition coefficient (Wildman–Crippen LogP) is 3.54. The SMILES string of the molecule is Cc1nc(CNC(=O)C(C)CN(C)C)sc1-c1cccc(-c2cc(F)c3nn[nH]c3c2F)n1. The van der Waals surface area contributed by atoms with Gasteiger partial charge in [0, 0.05) is 18.0 Å². The van der Waals surface area contributed by atoms with Gasteiger partial charge in [-0.3, -0.25) is 9.89 Å². The number of aromatic nitrogens is 5. The van der Waals surface area contributed by atoms with Gasteiger partial charge in [-0.05, 0) is 39.2 Å². The van der Waals surface area contributed by atoms with E-state index in [1.165, 1.54) is 11.3 Å². The zero-order valence-electron chi connectivity index (χ0n) is 18.6. The number of thiazole rings is 1. The molecule has 1 unspecified atom stereocenters. The molecule has 0 aliphatic heterocycles. The van der Waals surface area contributed by atoms with Crippen molar-refractivity contribution in [1.82, 2.24) is 35.6 Å². The fourth-order valence-electron chi connectivity index (χ4n) is 3.57. The van der Waals surface area contributed by atoms with Gasteiger partial charge in [0.05, 0.1) is 28.5 Å². The van der Waals surface area contributed by atoms with Crippen LogP contribution >= 0.6 is 11.3 Å². The summed E-state index contributed by atoms with van der Waals surface area (Å²) in [6, 6.07) is 6.20. The first-order chi connectivity index (χ1) is 15.7. The van der Waals surface area contributed by atoms with E-state index in [1.807, 2.05) is 32.8 Å². The highest BCUT2D eigenvalue weighted by Crippen LogP contribution is 2.32. The normalized spacial score (nSPS) is 12.5. The molecule has 1 atom stereocenters. The third-order valence-electron chi connectivity index (χ3n) is 5.10. The number of fused-ring (bicyclic) bond motifs is 1. The van der Waals surface area contributed by atoms with E-state index in [2.05, 4.69) is 30.7 Å². The Balaban J connectivity index is 1.58. The van der Waals surface area contributed by atoms with E-state index < -0.39 is 11.6 Å². The first kappa shape index (κ1) is 22.9. The van der Waals surface area contributed by atoms with Crippen molar-refractivity contribution in [3.05, 3.63) is 46.6 Å². The maximum absolute atomic E-state index is 14.9. The summed E-state index contributed by atoms with van der Waals surface area (Å²) in [5, 5.41) is 13.1. The Kier molecular flexibility index (Phi) is 6.43. The van der Waals surface area contributed by atoms with Crippen molar-refractivity contribution >= 4 is 28.3 Å². The van der Waals surface area contributed by atoms with Crippen LogP contribution in [0.5, 0.6) is 0 Å². The molecule has 0 bridgehead atoms. The number of aryl methyl sites for hydroxylation is 1. The molecule has 8 nitrogen and oxygen atoms in total. The summed E-state index contributed by atoms with van der Waals surface area (Å²) in [5.74, 6) is -1.54. The lowest BCUT2D eigenvalue weighted by Gasteiger charge is -2.16. The van der Waals surface area contributed by atoms with Crippen LogP contribution in [0.1, 0.15) is 17.6 Å². The van der Waals surface area contributed by atoms with E-state index >= 15 is 0 Å². The number of rotatable bonds is 7. The average molecular weight is 472 g/mol. The smallest absolute Gasteiger partial charge is 0.224 e. The summed E-state index contributed by atoms with van der Waals surface area (Å²) in [5.41, 5.74) is 1.36. The fourth-order valence-corrected chi connectivity index (χ4v) is 4.55. The number of carbonyl (C=O) groups is 1. The van der Waals surface area contributed by atoms with Gasteiger partial charge in [0.25, 0.3) is 0 Å². The topological polar surface area (TPSA) is 99.7 Å². The van der Waals surface area contributed by atoms with Crippen LogP contribution in [0.2, 0.25) is 0 Å². The molecule has 0 radical (unpaired) electrons. The number of aromatic amines is 1. The molecule has 33 heavy (non-hydrogen) atoms. The van der Waals surface area contributed by atoms with Gasteiger partial charge >= 0.3 is 0 Å². The van der Waals surface area contributed by atoms with Crippen molar-refractivity contribution in [3.63, 3.8) is 0 Å². The Morgan fingerprint density at radius 2 is 2.00 bits per heavy atom. The van der Waals surface area contributed by atoms with Crippen molar-refractivity contribution in [2.75, 3.05) is 20.6 Å². The molecule has 11 heteroatoms. The van der Waals surface area contributed by atoms with E-state index in [9.17, 15) is 13.6 Å². The minimum Gasteiger partial charge on any atom is -0.349 e. The second-order valence-electron chi connectivity index (χ2n) is 8.07. The minimum atomic E-state index is -0.683. The number of benzene rings is 1. The standard InChI is InChI=1S/C22H23F2N7OS/c1-11(10-31(3)4)22(32)25-9-17-26-12(2)21(33-17)16-7-5-6-15(27-16)13-8-14(23)19-20(18(13)24)29-30-28-19/h5-8,11H,9-10H2,1-4H3,(H,25,32)(H,28,29,30). The highest BCUT2D eigenvalue weighted by Gasteiger charge is 2.19. The second kappa shape index (κ2) is 9.28. The first-order valence-corrected chi connectivity index (χ1v) is 11.1. The van der Waals surface area contributed by atoms with Crippen molar-refractivity contribution in [1.29, 1.82) is 0 Å². The third kappa shape index (κ3) is 4.74. The van der Waals surface area contributed by atoms with Gasteiger partial charge in [-0.15, -0.1) is 16.4 Å². The number of hydrogen-bond acceptors (Lipinski definition) is 7. The molecule has 0 saturated carbocycles. The van der Waals surface area contributed by atoms with Crippen LogP contribution in [0.25, 0.3) is 32.9 Å². The lowest BCUT2D eigenvalue weighted by Crippen LogP contribution is -2.34. The Labute approximate surface area is 193 Å². The van der Waals surface area contributed by atoms with Crippen molar-refractivity contribution in [2.45, 2.75) is 20.4 Å². The Morgan fingerprint density at radius 3 is 2.76 bits per heavy atom. The quantitative estimate of drug-likeness (QED) is 0.428. The van der Waals surface area contributed by atoms with Crippen molar-refractivity contribution in [2.24, 2.45) is 5.92 Å².